The maximum absolute atomic E-state index is 5.96. The van der Waals surface area contributed by atoms with Crippen molar-refractivity contribution in [1.29, 1.82) is 0 Å². The minimum absolute atomic E-state index is 0.508. The number of hydrogen-bond acceptors (Lipinski definition) is 2. The Morgan fingerprint density at radius 3 is 2.25 bits per heavy atom. The molecule has 0 aliphatic heterocycles. The van der Waals surface area contributed by atoms with Crippen LogP contribution in [0.4, 0.5) is 0 Å². The van der Waals surface area contributed by atoms with Crippen LogP contribution in [0.3, 0.4) is 0 Å². The van der Waals surface area contributed by atoms with E-state index in [9.17, 15) is 0 Å². The molecule has 2 N–H and O–H groups in total. The summed E-state index contributed by atoms with van der Waals surface area (Å²) in [5.41, 5.74) is 13.6. The molecule has 1 heterocycles. The molecular formula is C29H31N3. The summed E-state index contributed by atoms with van der Waals surface area (Å²) in [7, 11) is 0. The lowest BCUT2D eigenvalue weighted by atomic mass is 9.94. The summed E-state index contributed by atoms with van der Waals surface area (Å²) < 4.78 is 2.48. The van der Waals surface area contributed by atoms with E-state index in [4.69, 9.17) is 10.7 Å². The van der Waals surface area contributed by atoms with Crippen LogP contribution in [-0.4, -0.2) is 9.55 Å². The highest BCUT2D eigenvalue weighted by molar-refractivity contribution is 5.84. The van der Waals surface area contributed by atoms with Crippen LogP contribution >= 0.6 is 0 Å². The van der Waals surface area contributed by atoms with Crippen molar-refractivity contribution >= 4 is 16.7 Å². The summed E-state index contributed by atoms with van der Waals surface area (Å²) in [6, 6.07) is 26.5. The first-order chi connectivity index (χ1) is 15.7. The molecule has 0 saturated heterocycles. The zero-order chi connectivity index (χ0) is 21.9. The molecule has 1 saturated carbocycles. The summed E-state index contributed by atoms with van der Waals surface area (Å²) in [6.45, 7) is 3.90. The normalized spacial score (nSPS) is 14.6. The molecule has 0 spiro atoms. The summed E-state index contributed by atoms with van der Waals surface area (Å²) in [4.78, 5) is 5.09. The third-order valence-corrected chi connectivity index (χ3v) is 6.76. The van der Waals surface area contributed by atoms with Gasteiger partial charge in [-0.3, -0.25) is 0 Å². The van der Waals surface area contributed by atoms with Gasteiger partial charge in [0.2, 0.25) is 0 Å². The summed E-state index contributed by atoms with van der Waals surface area (Å²) in [5.74, 6) is 1.07. The van der Waals surface area contributed by atoms with Gasteiger partial charge < -0.3 is 10.3 Å². The molecule has 3 aromatic carbocycles. The molecule has 1 fully saturated rings. The minimum atomic E-state index is 0.508. The smallest absolute Gasteiger partial charge is 0.141 e. The van der Waals surface area contributed by atoms with Crippen LogP contribution in [0.2, 0.25) is 0 Å². The fourth-order valence-electron chi connectivity index (χ4n) is 4.96. The molecule has 0 amide bonds. The van der Waals surface area contributed by atoms with Gasteiger partial charge in [0.15, 0.2) is 0 Å². The third-order valence-electron chi connectivity index (χ3n) is 6.76. The van der Waals surface area contributed by atoms with Gasteiger partial charge in [-0.25, -0.2) is 4.98 Å². The fraction of sp³-hybridized carbons (Fsp3) is 0.276. The summed E-state index contributed by atoms with van der Waals surface area (Å²) in [6.07, 6.45) is 8.47. The lowest BCUT2D eigenvalue weighted by Gasteiger charge is -2.25. The van der Waals surface area contributed by atoms with Crippen LogP contribution in [0.25, 0.3) is 28.1 Å². The molecule has 1 aromatic heterocycles. The zero-order valence-corrected chi connectivity index (χ0v) is 18.6. The van der Waals surface area contributed by atoms with Crippen molar-refractivity contribution in [1.82, 2.24) is 9.55 Å². The highest BCUT2D eigenvalue weighted by Gasteiger charge is 2.22. The first kappa shape index (κ1) is 20.6. The Morgan fingerprint density at radius 2 is 1.56 bits per heavy atom. The van der Waals surface area contributed by atoms with Crippen molar-refractivity contribution in [3.05, 3.63) is 96.1 Å². The highest BCUT2D eigenvalue weighted by Crippen LogP contribution is 2.36. The molecule has 0 bridgehead atoms. The Labute approximate surface area is 190 Å². The van der Waals surface area contributed by atoms with Crippen LogP contribution in [0.1, 0.15) is 54.8 Å². The molecule has 0 radical (unpaired) electrons. The van der Waals surface area contributed by atoms with Gasteiger partial charge >= 0.3 is 0 Å². The monoisotopic (exact) mass is 421 g/mol. The topological polar surface area (TPSA) is 43.8 Å². The molecule has 162 valence electrons. The van der Waals surface area contributed by atoms with E-state index < -0.39 is 0 Å². The molecule has 0 atom stereocenters. The second kappa shape index (κ2) is 9.04. The molecule has 4 aromatic rings. The van der Waals surface area contributed by atoms with E-state index in [-0.39, 0.29) is 0 Å². The molecule has 1 aliphatic carbocycles. The first-order valence-electron chi connectivity index (χ1n) is 11.8. The van der Waals surface area contributed by atoms with Crippen LogP contribution in [0, 0.1) is 0 Å². The predicted octanol–water partition coefficient (Wildman–Crippen LogP) is 6.92. The Hall–Kier alpha value is -3.33. The van der Waals surface area contributed by atoms with Crippen molar-refractivity contribution in [2.75, 3.05) is 0 Å². The number of benzene rings is 3. The second-order valence-electron chi connectivity index (χ2n) is 9.01. The van der Waals surface area contributed by atoms with E-state index in [0.717, 1.165) is 29.7 Å². The molecule has 0 unspecified atom stereocenters. The first-order valence-corrected chi connectivity index (χ1v) is 11.8. The van der Waals surface area contributed by atoms with Crippen LogP contribution in [-0.2, 0) is 12.8 Å². The van der Waals surface area contributed by atoms with Gasteiger partial charge in [0.1, 0.15) is 5.82 Å². The van der Waals surface area contributed by atoms with E-state index in [1.165, 1.54) is 54.3 Å². The standard InChI is InChI=1S/C29H31N3/c1-21(30)25-18-19-28-27(20-25)31-29(32(28)26-10-6-3-7-11-26)24-16-14-23(15-17-24)13-12-22-8-4-2-5-9-22/h2,4-5,8-9,14-20,26H,1,3,6-7,10-13,30H2. The van der Waals surface area contributed by atoms with Crippen molar-refractivity contribution < 1.29 is 0 Å². The Morgan fingerprint density at radius 1 is 0.875 bits per heavy atom. The number of rotatable bonds is 6. The largest absolute Gasteiger partial charge is 0.399 e. The summed E-state index contributed by atoms with van der Waals surface area (Å²) >= 11 is 0. The van der Waals surface area contributed by atoms with Gasteiger partial charge in [0, 0.05) is 17.3 Å². The van der Waals surface area contributed by atoms with Gasteiger partial charge in [-0.2, -0.15) is 0 Å². The SMILES string of the molecule is C=C(N)c1ccc2c(c1)nc(-c1ccc(CCc3ccccc3)cc1)n2C1CCCCC1. The van der Waals surface area contributed by atoms with Crippen LogP contribution in [0.5, 0.6) is 0 Å². The van der Waals surface area contributed by atoms with Gasteiger partial charge in [0.05, 0.1) is 11.0 Å². The second-order valence-corrected chi connectivity index (χ2v) is 9.01. The number of nitrogens with zero attached hydrogens (tertiary/aromatic N) is 2. The van der Waals surface area contributed by atoms with Crippen molar-refractivity contribution in [2.24, 2.45) is 5.73 Å². The van der Waals surface area contributed by atoms with E-state index >= 15 is 0 Å². The quantitative estimate of drug-likeness (QED) is 0.367. The fourth-order valence-corrected chi connectivity index (χ4v) is 4.96. The van der Waals surface area contributed by atoms with E-state index in [1.54, 1.807) is 0 Å². The number of aromatic nitrogens is 2. The number of hydrogen-bond donors (Lipinski definition) is 1. The zero-order valence-electron chi connectivity index (χ0n) is 18.6. The lowest BCUT2D eigenvalue weighted by molar-refractivity contribution is 0.362. The third kappa shape index (κ3) is 4.20. The number of nitrogens with two attached hydrogens (primary N) is 1. The number of fused-ring (bicyclic) bond motifs is 1. The molecule has 1 aliphatic rings. The van der Waals surface area contributed by atoms with Gasteiger partial charge in [-0.15, -0.1) is 0 Å². The average Bonchev–Trinajstić information content (AvgIpc) is 3.23. The lowest BCUT2D eigenvalue weighted by Crippen LogP contribution is -2.14. The van der Waals surface area contributed by atoms with E-state index in [2.05, 4.69) is 83.9 Å². The highest BCUT2D eigenvalue weighted by atomic mass is 15.1. The molecule has 3 nitrogen and oxygen atoms in total. The van der Waals surface area contributed by atoms with Crippen molar-refractivity contribution in [3.63, 3.8) is 0 Å². The van der Waals surface area contributed by atoms with Gasteiger partial charge in [-0.05, 0) is 54.5 Å². The number of imidazole rings is 1. The van der Waals surface area contributed by atoms with Gasteiger partial charge in [-0.1, -0.05) is 86.5 Å². The average molecular weight is 422 g/mol. The van der Waals surface area contributed by atoms with Crippen LogP contribution < -0.4 is 5.73 Å². The van der Waals surface area contributed by atoms with Crippen molar-refractivity contribution in [2.45, 2.75) is 51.0 Å². The maximum Gasteiger partial charge on any atom is 0.141 e. The molecular weight excluding hydrogens is 390 g/mol. The number of aryl methyl sites for hydroxylation is 2. The summed E-state index contributed by atoms with van der Waals surface area (Å²) in [5, 5.41) is 0. The molecule has 5 rings (SSSR count). The minimum Gasteiger partial charge on any atom is -0.399 e. The van der Waals surface area contributed by atoms with E-state index in [0.29, 0.717) is 11.7 Å². The van der Waals surface area contributed by atoms with E-state index in [1.807, 2.05) is 0 Å². The maximum atomic E-state index is 5.96. The Bertz CT molecular complexity index is 1210. The van der Waals surface area contributed by atoms with Crippen molar-refractivity contribution in [3.8, 4) is 11.4 Å². The Kier molecular flexibility index (Phi) is 5.81. The molecule has 3 heteroatoms. The molecule has 32 heavy (non-hydrogen) atoms. The Balaban J connectivity index is 1.48. The van der Waals surface area contributed by atoms with Gasteiger partial charge in [0.25, 0.3) is 0 Å². The van der Waals surface area contributed by atoms with Crippen LogP contribution in [0.15, 0.2) is 79.4 Å². The predicted molar refractivity (Wildman–Crippen MR) is 134 cm³/mol.